The second-order valence-electron chi connectivity index (χ2n) is 9.67. The molecule has 1 saturated heterocycles. The number of rotatable bonds is 13. The topological polar surface area (TPSA) is 124 Å². The molecular weight excluding hydrogens is 572 g/mol. The fraction of sp³-hybridized carbons (Fsp3) is 0.312. The zero-order chi connectivity index (χ0) is 31.1. The van der Waals surface area contributed by atoms with E-state index in [0.717, 1.165) is 30.6 Å². The maximum atomic E-state index is 13.6. The number of aliphatic hydroxyl groups excluding tert-OH is 1. The van der Waals surface area contributed by atoms with Gasteiger partial charge in [0.15, 0.2) is 16.6 Å². The van der Waals surface area contributed by atoms with Gasteiger partial charge in [-0.15, -0.1) is 0 Å². The molecule has 43 heavy (non-hydrogen) atoms. The van der Waals surface area contributed by atoms with Gasteiger partial charge in [0, 0.05) is 5.56 Å². The van der Waals surface area contributed by atoms with E-state index in [-0.39, 0.29) is 33.5 Å². The number of amides is 1. The van der Waals surface area contributed by atoms with Gasteiger partial charge >= 0.3 is 11.9 Å². The van der Waals surface area contributed by atoms with Gasteiger partial charge in [-0.05, 0) is 43.2 Å². The lowest BCUT2D eigenvalue weighted by atomic mass is 9.95. The molecule has 1 aliphatic heterocycles. The van der Waals surface area contributed by atoms with Crippen LogP contribution < -0.4 is 19.1 Å². The van der Waals surface area contributed by atoms with E-state index in [1.807, 2.05) is 0 Å². The normalized spacial score (nSPS) is 15.8. The van der Waals surface area contributed by atoms with Crippen LogP contribution in [0, 0.1) is 6.92 Å². The molecule has 1 unspecified atom stereocenters. The molecule has 0 spiro atoms. The van der Waals surface area contributed by atoms with E-state index in [1.54, 1.807) is 49.4 Å². The minimum absolute atomic E-state index is 0.00319. The third-order valence-corrected chi connectivity index (χ3v) is 7.94. The van der Waals surface area contributed by atoms with Crippen LogP contribution in [-0.2, 0) is 14.3 Å². The highest BCUT2D eigenvalue weighted by molar-refractivity contribution is 7.17. The van der Waals surface area contributed by atoms with E-state index < -0.39 is 23.7 Å². The lowest BCUT2D eigenvalue weighted by Crippen LogP contribution is -2.29. The van der Waals surface area contributed by atoms with Crippen LogP contribution in [0.3, 0.4) is 0 Å². The van der Waals surface area contributed by atoms with Crippen molar-refractivity contribution >= 4 is 39.9 Å². The predicted molar refractivity (Wildman–Crippen MR) is 163 cm³/mol. The summed E-state index contributed by atoms with van der Waals surface area (Å²) in [6, 6.07) is 10.5. The Balaban J connectivity index is 1.86. The Labute approximate surface area is 254 Å². The van der Waals surface area contributed by atoms with Gasteiger partial charge in [0.25, 0.3) is 5.78 Å². The van der Waals surface area contributed by atoms with E-state index in [4.69, 9.17) is 18.9 Å². The molecular formula is C32H34N2O8S. The molecule has 10 nitrogen and oxygen atoms in total. The number of aryl methyl sites for hydroxylation is 1. The summed E-state index contributed by atoms with van der Waals surface area (Å²) in [5, 5.41) is 11.6. The minimum atomic E-state index is -1.10. The monoisotopic (exact) mass is 606 g/mol. The number of carbonyl (C=O) groups excluding carboxylic acids is 3. The van der Waals surface area contributed by atoms with Gasteiger partial charge in [-0.1, -0.05) is 62.0 Å². The SMILES string of the molecule is C=CCOC(=O)c1sc(N2C(=O)C(=O)C(=C(O)c3cccc(OC)c3)C2c2ccc(OCCCCC)c(OC)c2)nc1C. The lowest BCUT2D eigenvalue weighted by Gasteiger charge is -2.24. The van der Waals surface area contributed by atoms with Crippen molar-refractivity contribution in [2.75, 3.05) is 32.3 Å². The molecule has 0 radical (unpaired) electrons. The first kappa shape index (κ1) is 31.3. The number of carbonyl (C=O) groups is 3. The number of nitrogens with zero attached hydrogens (tertiary/aromatic N) is 2. The van der Waals surface area contributed by atoms with Crippen LogP contribution in [0.2, 0.25) is 0 Å². The summed E-state index contributed by atoms with van der Waals surface area (Å²) in [7, 11) is 2.98. The molecule has 1 amide bonds. The molecule has 3 aromatic rings. The van der Waals surface area contributed by atoms with Crippen LogP contribution in [0.15, 0.2) is 60.7 Å². The summed E-state index contributed by atoms with van der Waals surface area (Å²) >= 11 is 0.917. The first-order valence-corrected chi connectivity index (χ1v) is 14.6. The van der Waals surface area contributed by atoms with Crippen LogP contribution in [0.4, 0.5) is 5.13 Å². The van der Waals surface area contributed by atoms with Gasteiger partial charge in [-0.25, -0.2) is 9.78 Å². The van der Waals surface area contributed by atoms with Crippen molar-refractivity contribution in [3.05, 3.63) is 82.4 Å². The molecule has 1 N–H and O–H groups in total. The zero-order valence-corrected chi connectivity index (χ0v) is 25.4. The molecule has 0 saturated carbocycles. The molecule has 2 aromatic carbocycles. The lowest BCUT2D eigenvalue weighted by molar-refractivity contribution is -0.132. The van der Waals surface area contributed by atoms with Crippen LogP contribution in [0.25, 0.3) is 5.76 Å². The van der Waals surface area contributed by atoms with Crippen LogP contribution in [0.1, 0.15) is 58.7 Å². The average molecular weight is 607 g/mol. The van der Waals surface area contributed by atoms with Gasteiger partial charge in [0.05, 0.1) is 38.1 Å². The Kier molecular flexibility index (Phi) is 10.2. The Morgan fingerprint density at radius 3 is 2.60 bits per heavy atom. The smallest absolute Gasteiger partial charge is 0.350 e. The number of Topliss-reactive ketones (excluding diaryl/α,β-unsaturated/α-hetero) is 1. The Morgan fingerprint density at radius 2 is 1.91 bits per heavy atom. The van der Waals surface area contributed by atoms with Crippen molar-refractivity contribution in [2.45, 2.75) is 39.2 Å². The quantitative estimate of drug-likeness (QED) is 0.0622. The molecule has 11 heteroatoms. The van der Waals surface area contributed by atoms with Gasteiger partial charge in [0.2, 0.25) is 0 Å². The van der Waals surface area contributed by atoms with Crippen molar-refractivity contribution in [3.8, 4) is 17.2 Å². The van der Waals surface area contributed by atoms with Crippen molar-refractivity contribution in [1.82, 2.24) is 4.98 Å². The van der Waals surface area contributed by atoms with Crippen molar-refractivity contribution < 1.29 is 38.4 Å². The van der Waals surface area contributed by atoms with Gasteiger partial charge in [-0.2, -0.15) is 0 Å². The first-order chi connectivity index (χ1) is 20.7. The third-order valence-electron chi connectivity index (χ3n) is 6.81. The number of methoxy groups -OCH3 is 2. The fourth-order valence-corrected chi connectivity index (χ4v) is 5.64. The molecule has 1 atom stereocenters. The maximum Gasteiger partial charge on any atom is 0.350 e. The summed E-state index contributed by atoms with van der Waals surface area (Å²) in [5.74, 6) is -1.48. The van der Waals surface area contributed by atoms with E-state index in [0.29, 0.717) is 35.1 Å². The Bertz CT molecular complexity index is 1560. The predicted octanol–water partition coefficient (Wildman–Crippen LogP) is 6.01. The van der Waals surface area contributed by atoms with Crippen molar-refractivity contribution in [2.24, 2.45) is 0 Å². The fourth-order valence-electron chi connectivity index (χ4n) is 4.65. The molecule has 1 aliphatic rings. The van der Waals surface area contributed by atoms with E-state index in [9.17, 15) is 19.5 Å². The van der Waals surface area contributed by atoms with Gasteiger partial charge in [-0.3, -0.25) is 14.5 Å². The molecule has 0 bridgehead atoms. The largest absolute Gasteiger partial charge is 0.507 e. The summed E-state index contributed by atoms with van der Waals surface area (Å²) in [4.78, 5) is 45.7. The number of esters is 1. The molecule has 226 valence electrons. The number of aromatic nitrogens is 1. The number of benzene rings is 2. The van der Waals surface area contributed by atoms with E-state index in [1.165, 1.54) is 25.2 Å². The number of ether oxygens (including phenoxy) is 4. The number of unbranched alkanes of at least 4 members (excludes halogenated alkanes) is 2. The standard InChI is InChI=1S/C32H34N2O8S/c1-6-8-9-16-41-23-14-13-20(18-24(23)40-5)26-25(27(35)21-11-10-12-22(17-21)39-4)28(36)30(37)34(26)32-33-19(3)29(43-32)31(38)42-15-7-2/h7,10-14,17-18,26,35H,2,6,8-9,15-16H2,1,3-5H3. The maximum absolute atomic E-state index is 13.6. The van der Waals surface area contributed by atoms with Crippen LogP contribution >= 0.6 is 11.3 Å². The highest BCUT2D eigenvalue weighted by atomic mass is 32.1. The number of hydrogen-bond acceptors (Lipinski definition) is 10. The summed E-state index contributed by atoms with van der Waals surface area (Å²) in [6.07, 6.45) is 4.39. The second-order valence-corrected chi connectivity index (χ2v) is 10.6. The summed E-state index contributed by atoms with van der Waals surface area (Å²) < 4.78 is 22.0. The Hall–Kier alpha value is -4.64. The number of hydrogen-bond donors (Lipinski definition) is 1. The number of anilines is 1. The van der Waals surface area contributed by atoms with Crippen molar-refractivity contribution in [3.63, 3.8) is 0 Å². The molecule has 0 aliphatic carbocycles. The third kappa shape index (κ3) is 6.56. The van der Waals surface area contributed by atoms with Gasteiger partial charge in [0.1, 0.15) is 23.0 Å². The summed E-state index contributed by atoms with van der Waals surface area (Å²) in [6.45, 7) is 7.77. The highest BCUT2D eigenvalue weighted by Crippen LogP contribution is 2.45. The number of aliphatic hydroxyl groups is 1. The molecule has 4 rings (SSSR count). The van der Waals surface area contributed by atoms with Gasteiger partial charge < -0.3 is 24.1 Å². The van der Waals surface area contributed by atoms with Crippen molar-refractivity contribution in [1.29, 1.82) is 0 Å². The number of ketones is 1. The first-order valence-electron chi connectivity index (χ1n) is 13.8. The Morgan fingerprint density at radius 1 is 1.12 bits per heavy atom. The molecule has 1 fully saturated rings. The van der Waals surface area contributed by atoms with E-state index in [2.05, 4.69) is 18.5 Å². The molecule has 1 aromatic heterocycles. The molecule has 2 heterocycles. The number of thiazole rings is 1. The highest BCUT2D eigenvalue weighted by Gasteiger charge is 2.48. The second kappa shape index (κ2) is 14.0. The van der Waals surface area contributed by atoms with E-state index >= 15 is 0 Å². The average Bonchev–Trinajstić information content (AvgIpc) is 3.53. The zero-order valence-electron chi connectivity index (χ0n) is 24.5. The van der Waals surface area contributed by atoms with Crippen LogP contribution in [0.5, 0.6) is 17.2 Å². The minimum Gasteiger partial charge on any atom is -0.507 e. The van der Waals surface area contributed by atoms with Crippen LogP contribution in [-0.4, -0.2) is 55.2 Å². The summed E-state index contributed by atoms with van der Waals surface area (Å²) in [5.41, 5.74) is 0.927.